The van der Waals surface area contributed by atoms with Crippen LogP contribution in [0.1, 0.15) is 25.3 Å². The van der Waals surface area contributed by atoms with Gasteiger partial charge in [0, 0.05) is 17.8 Å². The number of hydrogen-bond donors (Lipinski definition) is 0. The molecule has 0 bridgehead atoms. The minimum Gasteiger partial charge on any atom is -0.296 e. The molecule has 0 fully saturated rings. The van der Waals surface area contributed by atoms with E-state index in [2.05, 4.69) is 10.1 Å². The summed E-state index contributed by atoms with van der Waals surface area (Å²) < 4.78 is 13.1. The topological polar surface area (TPSA) is 45.0 Å². The smallest absolute Gasteiger partial charge is 0.261 e. The Bertz CT molecular complexity index is 847. The molecule has 2 aromatic carbocycles. The fourth-order valence-corrected chi connectivity index (χ4v) is 3.04. The Morgan fingerprint density at radius 3 is 2.52 bits per heavy atom. The Balaban J connectivity index is 1.67. The summed E-state index contributed by atoms with van der Waals surface area (Å²) in [7, 11) is 0. The van der Waals surface area contributed by atoms with Gasteiger partial charge >= 0.3 is 0 Å². The van der Waals surface area contributed by atoms with Gasteiger partial charge in [0.05, 0.1) is 11.4 Å². The number of amides is 1. The fraction of sp³-hybridized carbons (Fsp3) is 0.286. The van der Waals surface area contributed by atoms with Gasteiger partial charge in [0.2, 0.25) is 0 Å². The summed E-state index contributed by atoms with van der Waals surface area (Å²) in [6.07, 6.45) is 4.07. The highest BCUT2D eigenvalue weighted by atomic mass is 35.5. The molecular weight excluding hydrogens is 365 g/mol. The molecule has 0 saturated carbocycles. The van der Waals surface area contributed by atoms with E-state index in [0.717, 1.165) is 30.5 Å². The number of hydrogen-bond acceptors (Lipinski definition) is 3. The van der Waals surface area contributed by atoms with Crippen LogP contribution in [0, 0.1) is 11.7 Å². The van der Waals surface area contributed by atoms with Crippen LogP contribution in [-0.4, -0.2) is 24.4 Å². The molecule has 6 heteroatoms. The van der Waals surface area contributed by atoms with Crippen molar-refractivity contribution in [3.8, 4) is 0 Å². The zero-order valence-corrected chi connectivity index (χ0v) is 15.9. The van der Waals surface area contributed by atoms with E-state index < -0.39 is 5.92 Å². The highest BCUT2D eigenvalue weighted by Crippen LogP contribution is 2.25. The van der Waals surface area contributed by atoms with Crippen molar-refractivity contribution in [1.29, 1.82) is 0 Å². The molecule has 0 saturated heterocycles. The lowest BCUT2D eigenvalue weighted by Crippen LogP contribution is -2.28. The number of hydrazone groups is 1. The van der Waals surface area contributed by atoms with Crippen LogP contribution in [-0.2, 0) is 11.2 Å². The SMILES string of the molecule is CCCC1=NN(c2ccc(F)cc2)C(=O)[C@@H]1C=NCCc1ccc(Cl)cc1. The second-order valence-corrected chi connectivity index (χ2v) is 6.81. The number of halogens is 2. The molecule has 0 spiro atoms. The first-order valence-electron chi connectivity index (χ1n) is 8.99. The van der Waals surface area contributed by atoms with Gasteiger partial charge in [-0.05, 0) is 54.8 Å². The number of carbonyl (C=O) groups excluding carboxylic acids is 1. The normalized spacial score (nSPS) is 17.0. The minimum absolute atomic E-state index is 0.152. The first kappa shape index (κ1) is 19.2. The van der Waals surface area contributed by atoms with E-state index in [1.807, 2.05) is 31.2 Å². The Kier molecular flexibility index (Phi) is 6.35. The maximum Gasteiger partial charge on any atom is 0.261 e. The van der Waals surface area contributed by atoms with Gasteiger partial charge in [-0.2, -0.15) is 10.1 Å². The largest absolute Gasteiger partial charge is 0.296 e. The van der Waals surface area contributed by atoms with Crippen molar-refractivity contribution in [2.75, 3.05) is 11.6 Å². The van der Waals surface area contributed by atoms with E-state index in [1.165, 1.54) is 17.1 Å². The highest BCUT2D eigenvalue weighted by Gasteiger charge is 2.34. The quantitative estimate of drug-likeness (QED) is 0.624. The molecule has 1 aliphatic rings. The van der Waals surface area contributed by atoms with Crippen LogP contribution in [0.25, 0.3) is 0 Å². The van der Waals surface area contributed by atoms with Crippen molar-refractivity contribution in [2.45, 2.75) is 26.2 Å². The van der Waals surface area contributed by atoms with E-state index >= 15 is 0 Å². The number of carbonyl (C=O) groups is 1. The minimum atomic E-state index is -0.458. The second-order valence-electron chi connectivity index (χ2n) is 6.38. The van der Waals surface area contributed by atoms with Crippen molar-refractivity contribution < 1.29 is 9.18 Å². The molecule has 1 aliphatic heterocycles. The van der Waals surface area contributed by atoms with Gasteiger partial charge in [0.15, 0.2) is 0 Å². The number of anilines is 1. The number of benzene rings is 2. The average molecular weight is 386 g/mol. The zero-order chi connectivity index (χ0) is 19.2. The van der Waals surface area contributed by atoms with E-state index in [1.54, 1.807) is 18.3 Å². The first-order chi connectivity index (χ1) is 13.1. The molecule has 0 aromatic heterocycles. The highest BCUT2D eigenvalue weighted by molar-refractivity contribution is 6.30. The van der Waals surface area contributed by atoms with Gasteiger partial charge in [0.25, 0.3) is 5.91 Å². The van der Waals surface area contributed by atoms with Gasteiger partial charge in [-0.15, -0.1) is 0 Å². The molecule has 1 heterocycles. The van der Waals surface area contributed by atoms with E-state index in [4.69, 9.17) is 11.6 Å². The van der Waals surface area contributed by atoms with Crippen molar-refractivity contribution in [3.05, 3.63) is 64.9 Å². The van der Waals surface area contributed by atoms with Crippen LogP contribution in [0.3, 0.4) is 0 Å². The third-order valence-corrected chi connectivity index (χ3v) is 4.59. The Morgan fingerprint density at radius 2 is 1.85 bits per heavy atom. The monoisotopic (exact) mass is 385 g/mol. The Labute approximate surface area is 163 Å². The van der Waals surface area contributed by atoms with E-state index in [-0.39, 0.29) is 11.7 Å². The predicted molar refractivity (Wildman–Crippen MR) is 108 cm³/mol. The molecule has 3 rings (SSSR count). The van der Waals surface area contributed by atoms with Crippen LogP contribution in [0.5, 0.6) is 0 Å². The predicted octanol–water partition coefficient (Wildman–Crippen LogP) is 4.91. The molecule has 0 unspecified atom stereocenters. The lowest BCUT2D eigenvalue weighted by Gasteiger charge is -2.12. The van der Waals surface area contributed by atoms with Gasteiger partial charge in [-0.25, -0.2) is 4.39 Å². The summed E-state index contributed by atoms with van der Waals surface area (Å²) in [5.74, 6) is -0.955. The maximum atomic E-state index is 13.1. The summed E-state index contributed by atoms with van der Waals surface area (Å²) in [5.41, 5.74) is 2.50. The van der Waals surface area contributed by atoms with Crippen molar-refractivity contribution in [1.82, 2.24) is 0 Å². The molecule has 2 aromatic rings. The van der Waals surface area contributed by atoms with Crippen LogP contribution in [0.4, 0.5) is 10.1 Å². The molecule has 1 atom stereocenters. The summed E-state index contributed by atoms with van der Waals surface area (Å²) in [5, 5.41) is 6.51. The first-order valence-corrected chi connectivity index (χ1v) is 9.37. The number of rotatable bonds is 7. The molecule has 4 nitrogen and oxygen atoms in total. The Morgan fingerprint density at radius 1 is 1.15 bits per heavy atom. The molecule has 0 aliphatic carbocycles. The summed E-state index contributed by atoms with van der Waals surface area (Å²) in [6.45, 7) is 2.63. The Hall–Kier alpha value is -2.53. The molecular formula is C21H21ClFN3O. The van der Waals surface area contributed by atoms with Crippen molar-refractivity contribution in [2.24, 2.45) is 16.0 Å². The number of aliphatic imine (C=N–C) groups is 1. The van der Waals surface area contributed by atoms with Gasteiger partial charge in [0.1, 0.15) is 11.7 Å². The van der Waals surface area contributed by atoms with Crippen molar-refractivity contribution in [3.63, 3.8) is 0 Å². The van der Waals surface area contributed by atoms with E-state index in [0.29, 0.717) is 17.3 Å². The molecule has 27 heavy (non-hydrogen) atoms. The second kappa shape index (κ2) is 8.91. The van der Waals surface area contributed by atoms with Gasteiger partial charge in [-0.1, -0.05) is 37.1 Å². The lowest BCUT2D eigenvalue weighted by atomic mass is 10.0. The number of nitrogens with zero attached hydrogens (tertiary/aromatic N) is 3. The summed E-state index contributed by atoms with van der Waals surface area (Å²) in [6, 6.07) is 13.4. The maximum absolute atomic E-state index is 13.1. The van der Waals surface area contributed by atoms with Crippen LogP contribution in [0.2, 0.25) is 5.02 Å². The van der Waals surface area contributed by atoms with Crippen LogP contribution in [0.15, 0.2) is 58.6 Å². The van der Waals surface area contributed by atoms with Crippen LogP contribution < -0.4 is 5.01 Å². The van der Waals surface area contributed by atoms with E-state index in [9.17, 15) is 9.18 Å². The fourth-order valence-electron chi connectivity index (χ4n) is 2.92. The third-order valence-electron chi connectivity index (χ3n) is 4.34. The lowest BCUT2D eigenvalue weighted by molar-refractivity contribution is -0.118. The standard InChI is InChI=1S/C21H21ClFN3O/c1-2-3-20-19(14-24-13-12-15-4-6-16(22)7-5-15)21(27)26(25-20)18-10-8-17(23)9-11-18/h4-11,14,19H,2-3,12-13H2,1H3/t19-/m1/s1. The van der Waals surface area contributed by atoms with Crippen LogP contribution >= 0.6 is 11.6 Å². The molecule has 0 radical (unpaired) electrons. The summed E-state index contributed by atoms with van der Waals surface area (Å²) in [4.78, 5) is 17.2. The van der Waals surface area contributed by atoms with Gasteiger partial charge in [-0.3, -0.25) is 9.79 Å². The molecule has 1 amide bonds. The van der Waals surface area contributed by atoms with Gasteiger partial charge < -0.3 is 0 Å². The van der Waals surface area contributed by atoms with Crippen molar-refractivity contribution >= 4 is 35.1 Å². The molecule has 0 N–H and O–H groups in total. The molecule has 140 valence electrons. The third kappa shape index (κ3) is 4.80. The average Bonchev–Trinajstić information content (AvgIpc) is 2.97. The summed E-state index contributed by atoms with van der Waals surface area (Å²) >= 11 is 5.89. The zero-order valence-electron chi connectivity index (χ0n) is 15.1.